The minimum atomic E-state index is -0.0669. The Balaban J connectivity index is 0.00000341. The van der Waals surface area contributed by atoms with E-state index in [-0.39, 0.29) is 42.5 Å². The van der Waals surface area contributed by atoms with Crippen molar-refractivity contribution >= 4 is 47.6 Å². The molecule has 2 heterocycles. The number of carbonyl (C=O) groups is 1. The lowest BCUT2D eigenvalue weighted by atomic mass is 10.1. The van der Waals surface area contributed by atoms with E-state index in [4.69, 9.17) is 4.74 Å². The number of ether oxygens (including phenoxy) is 1. The topological polar surface area (TPSA) is 75.0 Å². The highest BCUT2D eigenvalue weighted by Gasteiger charge is 2.25. The summed E-state index contributed by atoms with van der Waals surface area (Å²) in [7, 11) is 5.39. The van der Waals surface area contributed by atoms with Crippen LogP contribution in [-0.4, -0.2) is 84.1 Å². The van der Waals surface area contributed by atoms with E-state index in [0.717, 1.165) is 30.4 Å². The van der Waals surface area contributed by atoms with Gasteiger partial charge in [-0.2, -0.15) is 5.10 Å². The molecule has 31 heavy (non-hydrogen) atoms. The summed E-state index contributed by atoms with van der Waals surface area (Å²) in [5.74, 6) is 1.63. The standard InChI is InChI=1S/C21H30N6O2S.HI/c1-25(2)20(28)14-23-21(22-9-12-30-18-7-5-4-6-8-18)27-10-11-29-19(16-27)17-13-24-26(3)15-17;/h4-8,13,15,19H,9-12,14,16H2,1-3H3,(H,22,23);1H. The van der Waals surface area contributed by atoms with Crippen molar-refractivity contribution < 1.29 is 9.53 Å². The number of morpholine rings is 1. The predicted molar refractivity (Wildman–Crippen MR) is 135 cm³/mol. The second-order valence-corrected chi connectivity index (χ2v) is 8.44. The molecule has 1 aromatic heterocycles. The van der Waals surface area contributed by atoms with Crippen molar-refractivity contribution in [2.45, 2.75) is 11.0 Å². The normalized spacial score (nSPS) is 16.5. The number of halogens is 1. The summed E-state index contributed by atoms with van der Waals surface area (Å²) in [6, 6.07) is 10.3. The maximum Gasteiger partial charge on any atom is 0.243 e. The number of benzene rings is 1. The second-order valence-electron chi connectivity index (χ2n) is 7.27. The third-order valence-electron chi connectivity index (χ3n) is 4.72. The first-order valence-corrected chi connectivity index (χ1v) is 11.0. The lowest BCUT2D eigenvalue weighted by Gasteiger charge is -2.35. The monoisotopic (exact) mass is 558 g/mol. The Bertz CT molecular complexity index is 845. The molecule has 1 aliphatic heterocycles. The van der Waals surface area contributed by atoms with Crippen LogP contribution in [-0.2, 0) is 16.6 Å². The Kier molecular flexibility index (Phi) is 10.6. The highest BCUT2D eigenvalue weighted by molar-refractivity contribution is 14.0. The summed E-state index contributed by atoms with van der Waals surface area (Å²) < 4.78 is 7.73. The smallest absolute Gasteiger partial charge is 0.243 e. The molecule has 3 rings (SSSR count). The zero-order valence-electron chi connectivity index (χ0n) is 18.2. The fourth-order valence-electron chi connectivity index (χ4n) is 3.05. The number of hydrogen-bond donors (Lipinski definition) is 1. The van der Waals surface area contributed by atoms with Gasteiger partial charge in [0.25, 0.3) is 0 Å². The fourth-order valence-corrected chi connectivity index (χ4v) is 3.84. The number of thioether (sulfide) groups is 1. The van der Waals surface area contributed by atoms with Gasteiger partial charge in [0.05, 0.1) is 19.3 Å². The van der Waals surface area contributed by atoms with Crippen molar-refractivity contribution in [1.82, 2.24) is 24.9 Å². The van der Waals surface area contributed by atoms with Gasteiger partial charge in [0.15, 0.2) is 5.96 Å². The molecule has 0 radical (unpaired) electrons. The molecule has 1 saturated heterocycles. The van der Waals surface area contributed by atoms with Crippen molar-refractivity contribution in [2.24, 2.45) is 12.0 Å². The lowest BCUT2D eigenvalue weighted by molar-refractivity contribution is -0.127. The maximum atomic E-state index is 12.1. The molecule has 1 amide bonds. The highest BCUT2D eigenvalue weighted by atomic mass is 127. The lowest BCUT2D eigenvalue weighted by Crippen LogP contribution is -2.49. The molecule has 0 saturated carbocycles. The third-order valence-corrected chi connectivity index (χ3v) is 5.74. The van der Waals surface area contributed by atoms with Crippen LogP contribution < -0.4 is 5.32 Å². The van der Waals surface area contributed by atoms with Crippen LogP contribution in [0.3, 0.4) is 0 Å². The molecule has 0 bridgehead atoms. The van der Waals surface area contributed by atoms with E-state index in [9.17, 15) is 4.79 Å². The molecule has 1 N–H and O–H groups in total. The Morgan fingerprint density at radius 1 is 1.35 bits per heavy atom. The van der Waals surface area contributed by atoms with Crippen LogP contribution in [0.25, 0.3) is 0 Å². The molecule has 1 aliphatic rings. The first-order chi connectivity index (χ1) is 14.5. The summed E-state index contributed by atoms with van der Waals surface area (Å²) in [4.78, 5) is 21.6. The first kappa shape index (κ1) is 25.5. The number of aliphatic imine (C=N–C) groups is 1. The van der Waals surface area contributed by atoms with Crippen LogP contribution in [0.1, 0.15) is 11.7 Å². The van der Waals surface area contributed by atoms with Crippen LogP contribution in [0.2, 0.25) is 0 Å². The Morgan fingerprint density at radius 3 is 2.81 bits per heavy atom. The van der Waals surface area contributed by atoms with Gasteiger partial charge in [0.2, 0.25) is 5.91 Å². The number of aromatic nitrogens is 2. The molecule has 1 unspecified atom stereocenters. The SMILES string of the molecule is CN(C)C(=O)CN=C(NCCSc1ccccc1)N1CCOC(c2cnn(C)c2)C1.I. The highest BCUT2D eigenvalue weighted by Crippen LogP contribution is 2.22. The summed E-state index contributed by atoms with van der Waals surface area (Å²) in [5.41, 5.74) is 1.05. The van der Waals surface area contributed by atoms with Crippen molar-refractivity contribution in [3.63, 3.8) is 0 Å². The molecule has 8 nitrogen and oxygen atoms in total. The minimum Gasteiger partial charge on any atom is -0.370 e. The predicted octanol–water partition coefficient (Wildman–Crippen LogP) is 2.24. The van der Waals surface area contributed by atoms with Crippen molar-refractivity contribution in [2.75, 3.05) is 52.6 Å². The number of guanidine groups is 1. The molecule has 0 aliphatic carbocycles. The van der Waals surface area contributed by atoms with Gasteiger partial charge >= 0.3 is 0 Å². The van der Waals surface area contributed by atoms with Crippen LogP contribution in [0.15, 0.2) is 52.6 Å². The number of aryl methyl sites for hydroxylation is 1. The van der Waals surface area contributed by atoms with E-state index < -0.39 is 0 Å². The van der Waals surface area contributed by atoms with Gasteiger partial charge in [0.1, 0.15) is 12.6 Å². The van der Waals surface area contributed by atoms with Gasteiger partial charge in [-0.15, -0.1) is 35.7 Å². The maximum absolute atomic E-state index is 12.1. The number of rotatable bonds is 7. The average molecular weight is 558 g/mol. The number of carbonyl (C=O) groups excluding carboxylic acids is 1. The number of nitrogens with one attached hydrogen (secondary N) is 1. The molecule has 1 aromatic carbocycles. The Morgan fingerprint density at radius 2 is 2.13 bits per heavy atom. The number of nitrogens with zero attached hydrogens (tertiary/aromatic N) is 5. The minimum absolute atomic E-state index is 0. The van der Waals surface area contributed by atoms with Crippen molar-refractivity contribution in [3.8, 4) is 0 Å². The van der Waals surface area contributed by atoms with E-state index >= 15 is 0 Å². The molecule has 1 fully saturated rings. The average Bonchev–Trinajstić information content (AvgIpc) is 3.20. The summed E-state index contributed by atoms with van der Waals surface area (Å²) in [6.45, 7) is 2.87. The summed E-state index contributed by atoms with van der Waals surface area (Å²) >= 11 is 1.79. The summed E-state index contributed by atoms with van der Waals surface area (Å²) in [5, 5.41) is 7.69. The Hall–Kier alpha value is -1.79. The molecule has 10 heteroatoms. The van der Waals surface area contributed by atoms with Gasteiger partial charge < -0.3 is 19.9 Å². The molecular formula is C21H31IN6O2S. The van der Waals surface area contributed by atoms with Crippen LogP contribution >= 0.6 is 35.7 Å². The quantitative estimate of drug-likeness (QED) is 0.185. The van der Waals surface area contributed by atoms with Crippen LogP contribution in [0.4, 0.5) is 0 Å². The van der Waals surface area contributed by atoms with Crippen LogP contribution in [0.5, 0.6) is 0 Å². The van der Waals surface area contributed by atoms with Crippen molar-refractivity contribution in [1.29, 1.82) is 0 Å². The molecule has 1 atom stereocenters. The Labute approximate surface area is 205 Å². The second kappa shape index (κ2) is 12.9. The van der Waals surface area contributed by atoms with Crippen molar-refractivity contribution in [3.05, 3.63) is 48.3 Å². The fraction of sp³-hybridized carbons (Fsp3) is 0.476. The number of hydrogen-bond acceptors (Lipinski definition) is 5. The molecule has 0 spiro atoms. The van der Waals surface area contributed by atoms with Gasteiger partial charge in [-0.3, -0.25) is 9.48 Å². The van der Waals surface area contributed by atoms with Gasteiger partial charge in [0, 0.05) is 56.6 Å². The van der Waals surface area contributed by atoms with Gasteiger partial charge in [-0.05, 0) is 12.1 Å². The molecule has 170 valence electrons. The third kappa shape index (κ3) is 8.00. The van der Waals surface area contributed by atoms with E-state index in [2.05, 4.69) is 32.4 Å². The van der Waals surface area contributed by atoms with Gasteiger partial charge in [-0.1, -0.05) is 18.2 Å². The number of likely N-dealkylation sites (N-methyl/N-ethyl adjacent to an activating group) is 1. The van der Waals surface area contributed by atoms with E-state index in [1.165, 1.54) is 4.90 Å². The van der Waals surface area contributed by atoms with Crippen LogP contribution in [0, 0.1) is 0 Å². The zero-order chi connectivity index (χ0) is 21.3. The van der Waals surface area contributed by atoms with Gasteiger partial charge in [-0.25, -0.2) is 4.99 Å². The zero-order valence-corrected chi connectivity index (χ0v) is 21.4. The number of amides is 1. The summed E-state index contributed by atoms with van der Waals surface area (Å²) in [6.07, 6.45) is 3.75. The van der Waals surface area contributed by atoms with E-state index in [1.54, 1.807) is 35.4 Å². The largest absolute Gasteiger partial charge is 0.370 e. The van der Waals surface area contributed by atoms with E-state index in [0.29, 0.717) is 13.2 Å². The van der Waals surface area contributed by atoms with E-state index in [1.807, 2.05) is 37.6 Å². The molecular weight excluding hydrogens is 527 g/mol. The first-order valence-electron chi connectivity index (χ1n) is 10.0. The molecule has 2 aromatic rings.